The van der Waals surface area contributed by atoms with Crippen molar-refractivity contribution in [3.8, 4) is 46.0 Å². The van der Waals surface area contributed by atoms with E-state index >= 15 is 0 Å². The summed E-state index contributed by atoms with van der Waals surface area (Å²) in [4.78, 5) is 29.6. The first kappa shape index (κ1) is 82.6. The summed E-state index contributed by atoms with van der Waals surface area (Å²) in [5.41, 5.74) is 0.466. The molecule has 0 saturated carbocycles. The molecule has 3 aromatic carbocycles. The Balaban J connectivity index is 2.02. The third-order valence-corrected chi connectivity index (χ3v) is 19.3. The Morgan fingerprint density at radius 2 is 0.413 bits per heavy atom. The SMILES string of the molecule is CCCCCCCCCCOc1cc(C(=O)Oc2cc(Br)c(Br)cc2OC(=O)c2cc(OCCCCCCCCCC)c(OCCCCCCCCCC)c(OCCCCCCCCCC)c2)cc(OCCCCCCCCCC)c1OCCCCCCCCCC. The van der Waals surface area contributed by atoms with Gasteiger partial charge in [-0.1, -0.05) is 311 Å². The van der Waals surface area contributed by atoms with Crippen molar-refractivity contribution in [2.45, 2.75) is 350 Å². The van der Waals surface area contributed by atoms with Crippen molar-refractivity contribution in [1.82, 2.24) is 0 Å². The van der Waals surface area contributed by atoms with Crippen molar-refractivity contribution >= 4 is 43.8 Å². The Morgan fingerprint density at radius 3 is 0.609 bits per heavy atom. The second-order valence-corrected chi connectivity index (χ2v) is 27.7. The normalized spacial score (nSPS) is 11.3. The summed E-state index contributed by atoms with van der Waals surface area (Å²) in [6.45, 7) is 16.5. The maximum Gasteiger partial charge on any atom is 0.343 e. The van der Waals surface area contributed by atoms with E-state index in [1.807, 2.05) is 0 Å². The first-order valence-electron chi connectivity index (χ1n) is 38.3. The van der Waals surface area contributed by atoms with Crippen LogP contribution in [0, 0.1) is 0 Å². The highest BCUT2D eigenvalue weighted by molar-refractivity contribution is 9.13. The Morgan fingerprint density at radius 1 is 0.239 bits per heavy atom. The number of rotatable bonds is 64. The molecule has 92 heavy (non-hydrogen) atoms. The third kappa shape index (κ3) is 39.4. The number of unbranched alkanes of at least 4 members (excludes halogenated alkanes) is 42. The predicted octanol–water partition coefficient (Wildman–Crippen LogP) is 26.8. The Labute approximate surface area is 579 Å². The number of ether oxygens (including phenoxy) is 8. The largest absolute Gasteiger partial charge is 0.490 e. The molecule has 526 valence electrons. The van der Waals surface area contributed by atoms with E-state index in [0.29, 0.717) is 83.1 Å². The zero-order valence-electron chi connectivity index (χ0n) is 59.5. The fraction of sp³-hybridized carbons (Fsp3) is 0.750. The molecule has 0 radical (unpaired) electrons. The molecule has 0 amide bonds. The predicted molar refractivity (Wildman–Crippen MR) is 393 cm³/mol. The second-order valence-electron chi connectivity index (χ2n) is 26.0. The molecule has 12 heteroatoms. The molecule has 0 saturated heterocycles. The van der Waals surface area contributed by atoms with Crippen molar-refractivity contribution in [3.05, 3.63) is 56.5 Å². The fourth-order valence-electron chi connectivity index (χ4n) is 11.6. The fourth-order valence-corrected chi connectivity index (χ4v) is 12.2. The number of carbonyl (C=O) groups excluding carboxylic acids is 2. The summed E-state index contributed by atoms with van der Waals surface area (Å²) in [5.74, 6) is 1.68. The average Bonchev–Trinajstić information content (AvgIpc) is 0.861. The lowest BCUT2D eigenvalue weighted by Gasteiger charge is -2.19. The van der Waals surface area contributed by atoms with Crippen molar-refractivity contribution < 1.29 is 47.5 Å². The molecule has 0 fully saturated rings. The number of hydrogen-bond donors (Lipinski definition) is 0. The lowest BCUT2D eigenvalue weighted by atomic mass is 10.1. The summed E-state index contributed by atoms with van der Waals surface area (Å²) >= 11 is 7.29. The lowest BCUT2D eigenvalue weighted by molar-refractivity contribution is 0.0681. The van der Waals surface area contributed by atoms with Gasteiger partial charge in [0.05, 0.1) is 50.8 Å². The molecule has 0 aliphatic rings. The van der Waals surface area contributed by atoms with Crippen molar-refractivity contribution in [2.75, 3.05) is 39.6 Å². The van der Waals surface area contributed by atoms with E-state index < -0.39 is 11.9 Å². The molecule has 0 spiro atoms. The van der Waals surface area contributed by atoms with Gasteiger partial charge in [-0.25, -0.2) is 9.59 Å². The van der Waals surface area contributed by atoms with Crippen molar-refractivity contribution in [3.63, 3.8) is 0 Å². The van der Waals surface area contributed by atoms with Crippen LogP contribution in [0.1, 0.15) is 370 Å². The quantitative estimate of drug-likeness (QED) is 0.0308. The minimum atomic E-state index is -0.661. The van der Waals surface area contributed by atoms with Gasteiger partial charge in [0.15, 0.2) is 34.5 Å². The maximum absolute atomic E-state index is 14.8. The molecule has 0 heterocycles. The van der Waals surface area contributed by atoms with Gasteiger partial charge in [-0.2, -0.15) is 0 Å². The van der Waals surface area contributed by atoms with Gasteiger partial charge in [-0.3, -0.25) is 0 Å². The molecule has 0 unspecified atom stereocenters. The van der Waals surface area contributed by atoms with Crippen LogP contribution in [0.25, 0.3) is 0 Å². The zero-order valence-corrected chi connectivity index (χ0v) is 62.7. The molecular formula is C80H132Br2O10. The van der Waals surface area contributed by atoms with Crippen molar-refractivity contribution in [1.29, 1.82) is 0 Å². The summed E-state index contributed by atoms with van der Waals surface area (Å²) in [7, 11) is 0. The molecule has 0 aliphatic heterocycles. The minimum Gasteiger partial charge on any atom is -0.490 e. The van der Waals surface area contributed by atoms with Crippen LogP contribution in [0.4, 0.5) is 0 Å². The van der Waals surface area contributed by atoms with Gasteiger partial charge < -0.3 is 37.9 Å². The van der Waals surface area contributed by atoms with E-state index in [-0.39, 0.29) is 22.6 Å². The molecule has 3 rings (SSSR count). The van der Waals surface area contributed by atoms with Crippen LogP contribution < -0.4 is 37.9 Å². The first-order chi connectivity index (χ1) is 45.2. The molecule has 0 aliphatic carbocycles. The van der Waals surface area contributed by atoms with Crippen LogP contribution in [0.5, 0.6) is 46.0 Å². The van der Waals surface area contributed by atoms with Gasteiger partial charge in [0.2, 0.25) is 11.5 Å². The van der Waals surface area contributed by atoms with Gasteiger partial charge in [0.1, 0.15) is 0 Å². The molecule has 0 aromatic heterocycles. The van der Waals surface area contributed by atoms with Gasteiger partial charge in [-0.05, 0) is 94.7 Å². The summed E-state index contributed by atoms with van der Waals surface area (Å²) < 4.78 is 53.6. The van der Waals surface area contributed by atoms with Gasteiger partial charge in [-0.15, -0.1) is 0 Å². The Hall–Kier alpha value is -3.64. The molecule has 3 aromatic rings. The molecule has 0 atom stereocenters. The first-order valence-corrected chi connectivity index (χ1v) is 39.9. The highest BCUT2D eigenvalue weighted by Gasteiger charge is 2.26. The van der Waals surface area contributed by atoms with E-state index in [9.17, 15) is 9.59 Å². The number of esters is 2. The number of halogens is 2. The van der Waals surface area contributed by atoms with Crippen LogP contribution in [-0.4, -0.2) is 51.6 Å². The second kappa shape index (κ2) is 57.6. The van der Waals surface area contributed by atoms with Crippen molar-refractivity contribution in [2.24, 2.45) is 0 Å². The van der Waals surface area contributed by atoms with Gasteiger partial charge >= 0.3 is 11.9 Å². The molecule has 0 bridgehead atoms. The average molecular weight is 1410 g/mol. The standard InChI is InChI=1S/C80H132Br2O10/c1-7-13-19-25-31-37-43-49-55-85-73-61-67(62-74(86-56-50-44-38-32-26-20-14-8-2)77(73)89-59-53-47-41-35-29-23-17-11-5)79(83)91-71-65-69(81)70(82)66-72(71)92-80(84)68-63-75(87-57-51-45-39-33-27-21-15-9-3)78(90-60-54-48-42-36-30-24-18-12-6)76(64-68)88-58-52-46-40-34-28-22-16-10-4/h61-66H,7-60H2,1-6H3. The lowest BCUT2D eigenvalue weighted by Crippen LogP contribution is -2.15. The van der Waals surface area contributed by atoms with E-state index in [4.69, 9.17) is 37.9 Å². The monoisotopic (exact) mass is 1410 g/mol. The highest BCUT2D eigenvalue weighted by atomic mass is 79.9. The van der Waals surface area contributed by atoms with Gasteiger partial charge in [0.25, 0.3) is 0 Å². The molecular weight excluding hydrogens is 1280 g/mol. The number of benzene rings is 3. The van der Waals surface area contributed by atoms with Crippen LogP contribution >= 0.6 is 31.9 Å². The topological polar surface area (TPSA) is 108 Å². The van der Waals surface area contributed by atoms with Gasteiger partial charge in [0, 0.05) is 21.1 Å². The number of hydrogen-bond acceptors (Lipinski definition) is 10. The summed E-state index contributed by atoms with van der Waals surface area (Å²) in [6, 6.07) is 10.2. The highest BCUT2D eigenvalue weighted by Crippen LogP contribution is 2.44. The summed E-state index contributed by atoms with van der Waals surface area (Å²) in [6.07, 6.45) is 56.6. The Kier molecular flexibility index (Phi) is 51.7. The van der Waals surface area contributed by atoms with Crippen LogP contribution in [0.2, 0.25) is 0 Å². The molecule has 0 N–H and O–H groups in total. The van der Waals surface area contributed by atoms with Crippen LogP contribution in [0.3, 0.4) is 0 Å². The molecule has 10 nitrogen and oxygen atoms in total. The van der Waals surface area contributed by atoms with E-state index in [1.165, 1.54) is 205 Å². The van der Waals surface area contributed by atoms with E-state index in [1.54, 1.807) is 36.4 Å². The third-order valence-electron chi connectivity index (χ3n) is 17.4. The van der Waals surface area contributed by atoms with Crippen LogP contribution in [-0.2, 0) is 0 Å². The van der Waals surface area contributed by atoms with Crippen LogP contribution in [0.15, 0.2) is 45.3 Å². The van der Waals surface area contributed by atoms with E-state index in [0.717, 1.165) is 103 Å². The number of carbonyl (C=O) groups is 2. The minimum absolute atomic E-state index is 0.0545. The smallest absolute Gasteiger partial charge is 0.343 e. The maximum atomic E-state index is 14.8. The zero-order chi connectivity index (χ0) is 66.2. The summed E-state index contributed by atoms with van der Waals surface area (Å²) in [5, 5.41) is 0. The van der Waals surface area contributed by atoms with E-state index in [2.05, 4.69) is 73.4 Å². The Bertz CT molecular complexity index is 2040.